The first-order valence-corrected chi connectivity index (χ1v) is 6.02. The first kappa shape index (κ1) is 12.0. The van der Waals surface area contributed by atoms with Gasteiger partial charge < -0.3 is 10.6 Å². The van der Waals surface area contributed by atoms with Crippen LogP contribution in [0.2, 0.25) is 0 Å². The Kier molecular flexibility index (Phi) is 3.09. The smallest absolute Gasteiger partial charge is 0.244 e. The number of nitrogens with zero attached hydrogens (tertiary/aromatic N) is 3. The van der Waals surface area contributed by atoms with Gasteiger partial charge in [-0.25, -0.2) is 0 Å². The molecule has 2 N–H and O–H groups in total. The molecule has 1 aliphatic carbocycles. The average Bonchev–Trinajstić information content (AvgIpc) is 3.05. The number of carbonyl (C=O) groups excluding carboxylic acids is 1. The van der Waals surface area contributed by atoms with Crippen LogP contribution in [0.4, 0.5) is 5.69 Å². The van der Waals surface area contributed by atoms with E-state index in [2.05, 4.69) is 5.10 Å². The number of anilines is 1. The predicted octanol–water partition coefficient (Wildman–Crippen LogP) is 0.951. The summed E-state index contributed by atoms with van der Waals surface area (Å²) in [4.78, 5) is 13.8. The normalized spacial score (nSPS) is 15.0. The van der Waals surface area contributed by atoms with Crippen LogP contribution in [0.1, 0.15) is 24.2 Å². The van der Waals surface area contributed by atoms with Crippen molar-refractivity contribution in [3.05, 3.63) is 11.4 Å². The molecule has 94 valence electrons. The van der Waals surface area contributed by atoms with Crippen molar-refractivity contribution in [1.29, 1.82) is 0 Å². The van der Waals surface area contributed by atoms with Crippen LogP contribution in [0.25, 0.3) is 0 Å². The number of likely N-dealkylation sites (N-methyl/N-ethyl adjacent to an activating group) is 1. The highest BCUT2D eigenvalue weighted by Gasteiger charge is 2.25. The van der Waals surface area contributed by atoms with E-state index in [1.807, 2.05) is 20.9 Å². The van der Waals surface area contributed by atoms with Crippen LogP contribution in [0.15, 0.2) is 0 Å². The van der Waals surface area contributed by atoms with E-state index in [9.17, 15) is 4.79 Å². The highest BCUT2D eigenvalue weighted by atomic mass is 16.2. The number of nitrogen functional groups attached to an aromatic ring is 1. The Morgan fingerprint density at radius 3 is 2.65 bits per heavy atom. The number of aromatic nitrogens is 2. The summed E-state index contributed by atoms with van der Waals surface area (Å²) in [6, 6.07) is 0. The average molecular weight is 236 g/mol. The monoisotopic (exact) mass is 236 g/mol. The fraction of sp³-hybridized carbons (Fsp3) is 0.667. The van der Waals surface area contributed by atoms with Crippen LogP contribution < -0.4 is 5.73 Å². The Morgan fingerprint density at radius 1 is 1.53 bits per heavy atom. The molecule has 0 unspecified atom stereocenters. The molecule has 0 saturated heterocycles. The van der Waals surface area contributed by atoms with E-state index in [1.54, 1.807) is 9.58 Å². The van der Waals surface area contributed by atoms with Crippen LogP contribution >= 0.6 is 0 Å². The van der Waals surface area contributed by atoms with Crippen LogP contribution in [0, 0.1) is 19.8 Å². The number of nitrogens with two attached hydrogens (primary N) is 1. The minimum atomic E-state index is 0.0995. The Balaban J connectivity index is 1.99. The lowest BCUT2D eigenvalue weighted by molar-refractivity contribution is -0.131. The van der Waals surface area contributed by atoms with Gasteiger partial charge in [0.2, 0.25) is 5.91 Å². The number of amides is 1. The molecule has 1 aromatic heterocycles. The Labute approximate surface area is 102 Å². The van der Waals surface area contributed by atoms with Crippen molar-refractivity contribution >= 4 is 11.6 Å². The molecule has 0 radical (unpaired) electrons. The molecule has 1 heterocycles. The summed E-state index contributed by atoms with van der Waals surface area (Å²) in [6.45, 7) is 4.90. The van der Waals surface area contributed by atoms with Crippen molar-refractivity contribution in [2.24, 2.45) is 5.92 Å². The van der Waals surface area contributed by atoms with Gasteiger partial charge in [-0.3, -0.25) is 9.48 Å². The summed E-state index contributed by atoms with van der Waals surface area (Å²) in [5.41, 5.74) is 8.18. The number of aryl methyl sites for hydroxylation is 1. The van der Waals surface area contributed by atoms with Crippen molar-refractivity contribution in [3.63, 3.8) is 0 Å². The van der Waals surface area contributed by atoms with E-state index < -0.39 is 0 Å². The van der Waals surface area contributed by atoms with Crippen molar-refractivity contribution in [3.8, 4) is 0 Å². The van der Waals surface area contributed by atoms with Crippen LogP contribution in [0.3, 0.4) is 0 Å². The highest BCUT2D eigenvalue weighted by Crippen LogP contribution is 2.29. The van der Waals surface area contributed by atoms with Gasteiger partial charge in [-0.05, 0) is 32.6 Å². The second kappa shape index (κ2) is 4.39. The fourth-order valence-corrected chi connectivity index (χ4v) is 1.90. The van der Waals surface area contributed by atoms with E-state index in [1.165, 1.54) is 12.8 Å². The number of hydrogen-bond donors (Lipinski definition) is 1. The molecule has 1 aromatic rings. The first-order chi connectivity index (χ1) is 7.99. The zero-order chi connectivity index (χ0) is 12.6. The molecule has 17 heavy (non-hydrogen) atoms. The van der Waals surface area contributed by atoms with Gasteiger partial charge in [-0.2, -0.15) is 5.10 Å². The maximum Gasteiger partial charge on any atom is 0.244 e. The number of rotatable bonds is 4. The van der Waals surface area contributed by atoms with Gasteiger partial charge >= 0.3 is 0 Å². The van der Waals surface area contributed by atoms with E-state index in [0.29, 0.717) is 5.69 Å². The van der Waals surface area contributed by atoms with E-state index in [4.69, 9.17) is 5.73 Å². The van der Waals surface area contributed by atoms with Crippen molar-refractivity contribution in [2.75, 3.05) is 19.3 Å². The molecule has 1 aliphatic rings. The lowest BCUT2D eigenvalue weighted by atomic mass is 10.3. The molecular formula is C12H20N4O. The third kappa shape index (κ3) is 2.60. The van der Waals surface area contributed by atoms with E-state index in [-0.39, 0.29) is 12.5 Å². The third-order valence-corrected chi connectivity index (χ3v) is 3.38. The molecular weight excluding hydrogens is 216 g/mol. The molecule has 5 nitrogen and oxygen atoms in total. The largest absolute Gasteiger partial charge is 0.396 e. The molecule has 5 heteroatoms. The standard InChI is InChI=1S/C12H20N4O/c1-8-12(13)9(2)16(14-8)7-11(17)15(3)6-10-4-5-10/h10H,4-7,13H2,1-3H3. The van der Waals surface area contributed by atoms with Crippen LogP contribution in [-0.2, 0) is 11.3 Å². The lowest BCUT2D eigenvalue weighted by Crippen LogP contribution is -2.32. The molecule has 0 spiro atoms. The van der Waals surface area contributed by atoms with Crippen molar-refractivity contribution < 1.29 is 4.79 Å². The van der Waals surface area contributed by atoms with Gasteiger partial charge in [-0.1, -0.05) is 0 Å². The predicted molar refractivity (Wildman–Crippen MR) is 66.5 cm³/mol. The SMILES string of the molecule is Cc1nn(CC(=O)N(C)CC2CC2)c(C)c1N. The lowest BCUT2D eigenvalue weighted by Gasteiger charge is -2.17. The summed E-state index contributed by atoms with van der Waals surface area (Å²) < 4.78 is 1.69. The second-order valence-electron chi connectivity index (χ2n) is 4.96. The summed E-state index contributed by atoms with van der Waals surface area (Å²) in [5, 5.41) is 4.27. The van der Waals surface area contributed by atoms with Gasteiger partial charge in [0.05, 0.1) is 17.1 Å². The van der Waals surface area contributed by atoms with Crippen molar-refractivity contribution in [1.82, 2.24) is 14.7 Å². The summed E-state index contributed by atoms with van der Waals surface area (Å²) in [5.74, 6) is 0.817. The Morgan fingerprint density at radius 2 is 2.18 bits per heavy atom. The zero-order valence-corrected chi connectivity index (χ0v) is 10.7. The highest BCUT2D eigenvalue weighted by molar-refractivity contribution is 5.76. The van der Waals surface area contributed by atoms with Gasteiger partial charge in [0.15, 0.2) is 0 Å². The van der Waals surface area contributed by atoms with Crippen LogP contribution in [-0.4, -0.2) is 34.2 Å². The Bertz CT molecular complexity index is 434. The molecule has 1 amide bonds. The molecule has 1 fully saturated rings. The quantitative estimate of drug-likeness (QED) is 0.846. The number of hydrogen-bond acceptors (Lipinski definition) is 3. The maximum absolute atomic E-state index is 12.0. The minimum Gasteiger partial charge on any atom is -0.396 e. The summed E-state index contributed by atoms with van der Waals surface area (Å²) in [6.07, 6.45) is 2.51. The molecule has 0 aromatic carbocycles. The third-order valence-electron chi connectivity index (χ3n) is 3.38. The molecule has 2 rings (SSSR count). The second-order valence-corrected chi connectivity index (χ2v) is 4.96. The fourth-order valence-electron chi connectivity index (χ4n) is 1.90. The summed E-state index contributed by atoms with van der Waals surface area (Å²) >= 11 is 0. The first-order valence-electron chi connectivity index (χ1n) is 6.02. The topological polar surface area (TPSA) is 64.2 Å². The molecule has 0 bridgehead atoms. The molecule has 1 saturated carbocycles. The number of carbonyl (C=O) groups is 1. The zero-order valence-electron chi connectivity index (χ0n) is 10.7. The summed E-state index contributed by atoms with van der Waals surface area (Å²) in [7, 11) is 1.86. The van der Waals surface area contributed by atoms with Gasteiger partial charge in [0, 0.05) is 13.6 Å². The molecule has 0 aliphatic heterocycles. The van der Waals surface area contributed by atoms with Gasteiger partial charge in [0.25, 0.3) is 0 Å². The minimum absolute atomic E-state index is 0.0995. The van der Waals surface area contributed by atoms with E-state index >= 15 is 0 Å². The molecule has 0 atom stereocenters. The maximum atomic E-state index is 12.0. The van der Waals surface area contributed by atoms with E-state index in [0.717, 1.165) is 23.9 Å². The van der Waals surface area contributed by atoms with Crippen molar-refractivity contribution in [2.45, 2.75) is 33.2 Å². The Hall–Kier alpha value is -1.52. The van der Waals surface area contributed by atoms with Crippen LogP contribution in [0.5, 0.6) is 0 Å². The van der Waals surface area contributed by atoms with Gasteiger partial charge in [0.1, 0.15) is 6.54 Å². The van der Waals surface area contributed by atoms with Gasteiger partial charge in [-0.15, -0.1) is 0 Å².